The van der Waals surface area contributed by atoms with E-state index in [2.05, 4.69) is 10.3 Å². The summed E-state index contributed by atoms with van der Waals surface area (Å²) in [6, 6.07) is 0. The molecule has 0 aliphatic heterocycles. The molecular weight excluding hydrogens is 282 g/mol. The normalized spacial score (nSPS) is 12.0. The van der Waals surface area contributed by atoms with E-state index in [0.717, 1.165) is 11.3 Å². The monoisotopic (exact) mass is 308 g/mol. The first-order valence-corrected chi connectivity index (χ1v) is 7.59. The van der Waals surface area contributed by atoms with Crippen molar-refractivity contribution in [2.45, 2.75) is 34.1 Å². The minimum absolute atomic E-state index is 0.0510. The van der Waals surface area contributed by atoms with Gasteiger partial charge in [-0.1, -0.05) is 6.92 Å². The fourth-order valence-corrected chi connectivity index (χ4v) is 2.58. The highest BCUT2D eigenvalue weighted by Crippen LogP contribution is 2.18. The van der Waals surface area contributed by atoms with Crippen LogP contribution in [-0.4, -0.2) is 49.1 Å². The van der Waals surface area contributed by atoms with E-state index in [4.69, 9.17) is 0 Å². The quantitative estimate of drug-likeness (QED) is 0.594. The molecule has 0 aromatic carbocycles. The summed E-state index contributed by atoms with van der Waals surface area (Å²) in [6.45, 7) is 8.15. The lowest BCUT2D eigenvalue weighted by Crippen LogP contribution is -3.11. The number of hydrogen-bond donors (Lipinski definition) is 3. The van der Waals surface area contributed by atoms with Crippen LogP contribution in [0.15, 0.2) is 0 Å². The van der Waals surface area contributed by atoms with Crippen LogP contribution in [0.25, 0.3) is 0 Å². The fourth-order valence-electron chi connectivity index (χ4n) is 2.58. The van der Waals surface area contributed by atoms with Gasteiger partial charge in [0.05, 0.1) is 12.7 Å². The molecule has 0 fully saturated rings. The summed E-state index contributed by atoms with van der Waals surface area (Å²) in [7, 11) is 1.81. The number of aromatic nitrogens is 1. The number of carbonyl (C=O) groups is 3. The molecule has 1 unspecified atom stereocenters. The molecule has 1 atom stereocenters. The summed E-state index contributed by atoms with van der Waals surface area (Å²) in [5.74, 6) is -0.199. The highest BCUT2D eigenvalue weighted by atomic mass is 16.2. The molecule has 122 valence electrons. The Labute approximate surface area is 131 Å². The van der Waals surface area contributed by atoms with Gasteiger partial charge in [0, 0.05) is 17.8 Å². The minimum atomic E-state index is -0.0890. The zero-order valence-corrected chi connectivity index (χ0v) is 14.1. The van der Waals surface area contributed by atoms with E-state index in [0.29, 0.717) is 29.1 Å². The van der Waals surface area contributed by atoms with Crippen LogP contribution >= 0.6 is 0 Å². The SMILES string of the molecule is CCCNC(=O)C[NH+](C)CC(=O)c1[nH]c(C)c(C(C)=O)c1C. The van der Waals surface area contributed by atoms with Gasteiger partial charge in [0.1, 0.15) is 6.54 Å². The smallest absolute Gasteiger partial charge is 0.275 e. The molecule has 0 saturated heterocycles. The van der Waals surface area contributed by atoms with Crippen molar-refractivity contribution in [2.75, 3.05) is 26.7 Å². The average Bonchev–Trinajstić information content (AvgIpc) is 2.71. The summed E-state index contributed by atoms with van der Waals surface area (Å²) in [4.78, 5) is 39.4. The number of H-pyrrole nitrogens is 1. The molecule has 1 heterocycles. The molecule has 3 N–H and O–H groups in total. The molecule has 0 aliphatic rings. The second-order valence-electron chi connectivity index (χ2n) is 5.76. The number of aryl methyl sites for hydroxylation is 1. The number of likely N-dealkylation sites (N-methyl/N-ethyl adjacent to an activating group) is 1. The van der Waals surface area contributed by atoms with Gasteiger partial charge in [-0.25, -0.2) is 0 Å². The highest BCUT2D eigenvalue weighted by molar-refractivity contribution is 6.03. The number of aromatic amines is 1. The topological polar surface area (TPSA) is 83.5 Å². The van der Waals surface area contributed by atoms with Gasteiger partial charge in [-0.15, -0.1) is 0 Å². The third-order valence-electron chi connectivity index (χ3n) is 3.57. The van der Waals surface area contributed by atoms with Gasteiger partial charge in [0.2, 0.25) is 5.78 Å². The van der Waals surface area contributed by atoms with Crippen LogP contribution in [0.4, 0.5) is 0 Å². The third-order valence-corrected chi connectivity index (χ3v) is 3.57. The number of rotatable bonds is 8. The van der Waals surface area contributed by atoms with Gasteiger partial charge in [-0.3, -0.25) is 14.4 Å². The molecule has 1 amide bonds. The van der Waals surface area contributed by atoms with Crippen molar-refractivity contribution in [3.8, 4) is 0 Å². The van der Waals surface area contributed by atoms with Crippen molar-refractivity contribution in [1.29, 1.82) is 0 Å². The summed E-state index contributed by atoms with van der Waals surface area (Å²) >= 11 is 0. The van der Waals surface area contributed by atoms with Gasteiger partial charge in [0.25, 0.3) is 5.91 Å². The zero-order chi connectivity index (χ0) is 16.9. The summed E-state index contributed by atoms with van der Waals surface area (Å²) in [6.07, 6.45) is 0.887. The van der Waals surface area contributed by atoms with Crippen molar-refractivity contribution in [1.82, 2.24) is 10.3 Å². The Morgan fingerprint density at radius 2 is 1.82 bits per heavy atom. The van der Waals surface area contributed by atoms with E-state index in [1.54, 1.807) is 20.9 Å². The Kier molecular flexibility index (Phi) is 6.49. The first kappa shape index (κ1) is 18.1. The van der Waals surface area contributed by atoms with Crippen LogP contribution in [-0.2, 0) is 4.79 Å². The molecule has 0 saturated carbocycles. The van der Waals surface area contributed by atoms with Gasteiger partial charge in [-0.05, 0) is 32.8 Å². The standard InChI is InChI=1S/C16H25N3O3/c1-6-7-17-14(22)9-19(5)8-13(21)16-10(2)15(12(4)20)11(3)18-16/h18H,6-9H2,1-5H3,(H,17,22)/p+1. The fraction of sp³-hybridized carbons (Fsp3) is 0.562. The average molecular weight is 308 g/mol. The minimum Gasteiger partial charge on any atom is -0.355 e. The van der Waals surface area contributed by atoms with Crippen LogP contribution < -0.4 is 10.2 Å². The summed E-state index contributed by atoms with van der Waals surface area (Å²) < 4.78 is 0. The molecule has 1 rings (SSSR count). The van der Waals surface area contributed by atoms with E-state index in [-0.39, 0.29) is 30.6 Å². The Morgan fingerprint density at radius 1 is 1.18 bits per heavy atom. The predicted molar refractivity (Wildman–Crippen MR) is 84.5 cm³/mol. The first-order chi connectivity index (χ1) is 10.3. The van der Waals surface area contributed by atoms with Gasteiger partial charge in [0.15, 0.2) is 12.3 Å². The maximum atomic E-state index is 12.4. The molecule has 6 heteroatoms. The van der Waals surface area contributed by atoms with Crippen molar-refractivity contribution >= 4 is 17.5 Å². The van der Waals surface area contributed by atoms with Gasteiger partial charge in [-0.2, -0.15) is 0 Å². The van der Waals surface area contributed by atoms with E-state index < -0.39 is 0 Å². The number of carbonyl (C=O) groups excluding carboxylic acids is 3. The van der Waals surface area contributed by atoms with Crippen molar-refractivity contribution in [2.24, 2.45) is 0 Å². The van der Waals surface area contributed by atoms with E-state index >= 15 is 0 Å². The Bertz CT molecular complexity index is 575. The van der Waals surface area contributed by atoms with Crippen molar-refractivity contribution in [3.05, 3.63) is 22.5 Å². The number of hydrogen-bond acceptors (Lipinski definition) is 3. The van der Waals surface area contributed by atoms with Crippen LogP contribution in [0, 0.1) is 13.8 Å². The van der Waals surface area contributed by atoms with Crippen molar-refractivity contribution in [3.63, 3.8) is 0 Å². The lowest BCUT2D eigenvalue weighted by atomic mass is 10.1. The number of Topliss-reactive ketones (excluding diaryl/α,β-unsaturated/α-hetero) is 2. The molecule has 0 bridgehead atoms. The van der Waals surface area contributed by atoms with Crippen LogP contribution in [0.2, 0.25) is 0 Å². The van der Waals surface area contributed by atoms with E-state index in [9.17, 15) is 14.4 Å². The second kappa shape index (κ2) is 7.89. The van der Waals surface area contributed by atoms with Crippen LogP contribution in [0.1, 0.15) is 52.4 Å². The lowest BCUT2D eigenvalue weighted by Gasteiger charge is -2.12. The molecule has 0 aliphatic carbocycles. The Hall–Kier alpha value is -1.95. The molecule has 1 aromatic rings. The van der Waals surface area contributed by atoms with Gasteiger partial charge >= 0.3 is 0 Å². The molecule has 0 spiro atoms. The second-order valence-corrected chi connectivity index (χ2v) is 5.76. The summed E-state index contributed by atoms with van der Waals surface area (Å²) in [5, 5.41) is 2.79. The van der Waals surface area contributed by atoms with E-state index in [1.807, 2.05) is 6.92 Å². The molecule has 1 aromatic heterocycles. The van der Waals surface area contributed by atoms with Crippen molar-refractivity contribution < 1.29 is 19.3 Å². The largest absolute Gasteiger partial charge is 0.355 e. The first-order valence-electron chi connectivity index (χ1n) is 7.59. The van der Waals surface area contributed by atoms with Crippen LogP contribution in [0.5, 0.6) is 0 Å². The number of nitrogens with one attached hydrogen (secondary N) is 3. The Morgan fingerprint density at radius 3 is 2.32 bits per heavy atom. The van der Waals surface area contributed by atoms with Crippen LogP contribution in [0.3, 0.4) is 0 Å². The number of quaternary nitrogens is 1. The Balaban J connectivity index is 2.71. The summed E-state index contributed by atoms with van der Waals surface area (Å²) in [5.41, 5.74) is 2.46. The predicted octanol–water partition coefficient (Wildman–Crippen LogP) is 0.0577. The van der Waals surface area contributed by atoms with Gasteiger partial charge < -0.3 is 15.2 Å². The zero-order valence-electron chi connectivity index (χ0n) is 14.1. The maximum Gasteiger partial charge on any atom is 0.275 e. The molecule has 0 radical (unpaired) electrons. The maximum absolute atomic E-state index is 12.4. The molecule has 6 nitrogen and oxygen atoms in total. The highest BCUT2D eigenvalue weighted by Gasteiger charge is 2.22. The molecule has 22 heavy (non-hydrogen) atoms. The molecular formula is C16H26N3O3+. The number of amides is 1. The third kappa shape index (κ3) is 4.53. The number of ketones is 2. The lowest BCUT2D eigenvalue weighted by molar-refractivity contribution is -0.862. The van der Waals surface area contributed by atoms with E-state index in [1.165, 1.54) is 6.92 Å².